The SMILES string of the molecule is Cc1cc2oc(=O)cc(CNc3cccc(OCC(=O)N(C)C)c3)c2cc1C(C)C. The maximum absolute atomic E-state index is 12.1. The summed E-state index contributed by atoms with van der Waals surface area (Å²) in [5.74, 6) is 0.873. The van der Waals surface area contributed by atoms with Crippen LogP contribution in [0.5, 0.6) is 5.75 Å². The standard InChI is InChI=1S/C24H28N2O4/c1-15(2)20-12-21-17(10-24(28)30-22(21)9-16(20)3)13-25-18-7-6-8-19(11-18)29-14-23(27)26(4)5/h6-12,15,25H,13-14H2,1-5H3. The van der Waals surface area contributed by atoms with Gasteiger partial charge in [-0.1, -0.05) is 19.9 Å². The molecule has 6 nitrogen and oxygen atoms in total. The molecular weight excluding hydrogens is 380 g/mol. The van der Waals surface area contributed by atoms with E-state index in [4.69, 9.17) is 9.15 Å². The number of anilines is 1. The molecule has 0 aliphatic carbocycles. The Kier molecular flexibility index (Phi) is 6.45. The van der Waals surface area contributed by atoms with Crippen molar-refractivity contribution in [3.63, 3.8) is 0 Å². The van der Waals surface area contributed by atoms with Crippen LogP contribution in [-0.2, 0) is 11.3 Å². The molecule has 0 aliphatic rings. The molecule has 0 radical (unpaired) electrons. The van der Waals surface area contributed by atoms with Crippen LogP contribution >= 0.6 is 0 Å². The van der Waals surface area contributed by atoms with Crippen LogP contribution in [0.2, 0.25) is 0 Å². The third-order valence-corrected chi connectivity index (χ3v) is 5.02. The molecule has 6 heteroatoms. The number of hydrogen-bond donors (Lipinski definition) is 1. The van der Waals surface area contributed by atoms with Crippen molar-refractivity contribution in [3.05, 3.63) is 69.6 Å². The third-order valence-electron chi connectivity index (χ3n) is 5.02. The maximum Gasteiger partial charge on any atom is 0.336 e. The Morgan fingerprint density at radius 3 is 2.63 bits per heavy atom. The number of nitrogens with one attached hydrogen (secondary N) is 1. The fourth-order valence-corrected chi connectivity index (χ4v) is 3.33. The molecule has 0 saturated carbocycles. The van der Waals surface area contributed by atoms with Crippen molar-refractivity contribution < 1.29 is 13.9 Å². The predicted molar refractivity (Wildman–Crippen MR) is 119 cm³/mol. The van der Waals surface area contributed by atoms with Gasteiger partial charge < -0.3 is 19.4 Å². The molecule has 1 heterocycles. The topological polar surface area (TPSA) is 71.8 Å². The van der Waals surface area contributed by atoms with Gasteiger partial charge in [0.2, 0.25) is 0 Å². The molecule has 0 bridgehead atoms. The summed E-state index contributed by atoms with van der Waals surface area (Å²) in [6.07, 6.45) is 0. The molecule has 1 amide bonds. The first-order chi connectivity index (χ1) is 14.2. The number of ether oxygens (including phenoxy) is 1. The van der Waals surface area contributed by atoms with Crippen molar-refractivity contribution in [2.75, 3.05) is 26.0 Å². The van der Waals surface area contributed by atoms with Gasteiger partial charge >= 0.3 is 5.63 Å². The number of carbonyl (C=O) groups excluding carboxylic acids is 1. The zero-order valence-electron chi connectivity index (χ0n) is 18.1. The van der Waals surface area contributed by atoms with Crippen molar-refractivity contribution in [2.24, 2.45) is 0 Å². The molecule has 1 N–H and O–H groups in total. The van der Waals surface area contributed by atoms with Crippen LogP contribution in [0.3, 0.4) is 0 Å². The zero-order chi connectivity index (χ0) is 21.8. The van der Waals surface area contributed by atoms with Crippen molar-refractivity contribution >= 4 is 22.6 Å². The fourth-order valence-electron chi connectivity index (χ4n) is 3.33. The van der Waals surface area contributed by atoms with Gasteiger partial charge in [-0.2, -0.15) is 0 Å². The number of rotatable bonds is 7. The smallest absolute Gasteiger partial charge is 0.336 e. The van der Waals surface area contributed by atoms with Gasteiger partial charge in [0.15, 0.2) is 6.61 Å². The average Bonchev–Trinajstić information content (AvgIpc) is 2.69. The number of nitrogens with zero attached hydrogens (tertiary/aromatic N) is 1. The lowest BCUT2D eigenvalue weighted by Gasteiger charge is -2.14. The lowest BCUT2D eigenvalue weighted by molar-refractivity contribution is -0.130. The van der Waals surface area contributed by atoms with Crippen LogP contribution in [0, 0.1) is 6.92 Å². The van der Waals surface area contributed by atoms with Crippen LogP contribution in [-0.4, -0.2) is 31.5 Å². The van der Waals surface area contributed by atoms with Gasteiger partial charge in [-0.15, -0.1) is 0 Å². The third kappa shape index (κ3) is 5.00. The molecule has 0 aliphatic heterocycles. The van der Waals surface area contributed by atoms with Gasteiger partial charge in [0.1, 0.15) is 11.3 Å². The summed E-state index contributed by atoms with van der Waals surface area (Å²) < 4.78 is 11.0. The highest BCUT2D eigenvalue weighted by molar-refractivity contribution is 5.82. The van der Waals surface area contributed by atoms with Crippen LogP contribution in [0.4, 0.5) is 5.69 Å². The molecule has 0 fully saturated rings. The summed E-state index contributed by atoms with van der Waals surface area (Å²) >= 11 is 0. The monoisotopic (exact) mass is 408 g/mol. The lowest BCUT2D eigenvalue weighted by atomic mass is 9.95. The Balaban J connectivity index is 1.82. The Labute approximate surface area is 176 Å². The zero-order valence-corrected chi connectivity index (χ0v) is 18.1. The molecule has 0 atom stereocenters. The highest BCUT2D eigenvalue weighted by Crippen LogP contribution is 2.27. The molecule has 3 aromatic rings. The molecule has 1 aromatic heterocycles. The summed E-state index contributed by atoms with van der Waals surface area (Å²) in [5, 5.41) is 4.27. The quantitative estimate of drug-likeness (QED) is 0.590. The van der Waals surface area contributed by atoms with Gasteiger partial charge in [0, 0.05) is 43.8 Å². The van der Waals surface area contributed by atoms with Gasteiger partial charge in [0.25, 0.3) is 5.91 Å². The normalized spacial score (nSPS) is 11.0. The molecule has 2 aromatic carbocycles. The van der Waals surface area contributed by atoms with Gasteiger partial charge in [-0.05, 0) is 53.8 Å². The predicted octanol–water partition coefficient (Wildman–Crippen LogP) is 4.30. The van der Waals surface area contributed by atoms with E-state index in [1.165, 1.54) is 16.5 Å². The first-order valence-corrected chi connectivity index (χ1v) is 9.98. The number of hydrogen-bond acceptors (Lipinski definition) is 5. The van der Waals surface area contributed by atoms with Crippen molar-refractivity contribution in [3.8, 4) is 5.75 Å². The highest BCUT2D eigenvalue weighted by Gasteiger charge is 2.12. The van der Waals surface area contributed by atoms with Crippen LogP contribution in [0.1, 0.15) is 36.5 Å². The summed E-state index contributed by atoms with van der Waals surface area (Å²) in [6.45, 7) is 6.78. The summed E-state index contributed by atoms with van der Waals surface area (Å²) in [6, 6.07) is 13.0. The molecular formula is C24H28N2O4. The minimum Gasteiger partial charge on any atom is -0.484 e. The molecule has 30 heavy (non-hydrogen) atoms. The molecule has 0 saturated heterocycles. The molecule has 3 rings (SSSR count). The lowest BCUT2D eigenvalue weighted by Crippen LogP contribution is -2.27. The number of aryl methyl sites for hydroxylation is 1. The van der Waals surface area contributed by atoms with E-state index in [0.717, 1.165) is 22.2 Å². The van der Waals surface area contributed by atoms with E-state index >= 15 is 0 Å². The number of benzene rings is 2. The minimum atomic E-state index is -0.365. The average molecular weight is 408 g/mol. The second-order valence-electron chi connectivity index (χ2n) is 7.91. The van der Waals surface area contributed by atoms with E-state index in [0.29, 0.717) is 23.8 Å². The van der Waals surface area contributed by atoms with E-state index in [2.05, 4.69) is 25.2 Å². The van der Waals surface area contributed by atoms with Gasteiger partial charge in [-0.3, -0.25) is 4.79 Å². The fraction of sp³-hybridized carbons (Fsp3) is 0.333. The van der Waals surface area contributed by atoms with E-state index in [9.17, 15) is 9.59 Å². The Hall–Kier alpha value is -3.28. The van der Waals surface area contributed by atoms with Crippen molar-refractivity contribution in [2.45, 2.75) is 33.2 Å². The summed E-state index contributed by atoms with van der Waals surface area (Å²) in [4.78, 5) is 25.3. The highest BCUT2D eigenvalue weighted by atomic mass is 16.5. The minimum absolute atomic E-state index is 0.0157. The second-order valence-corrected chi connectivity index (χ2v) is 7.91. The van der Waals surface area contributed by atoms with Gasteiger partial charge in [-0.25, -0.2) is 4.79 Å². The summed E-state index contributed by atoms with van der Waals surface area (Å²) in [5.41, 5.74) is 4.29. The Bertz CT molecular complexity index is 1120. The molecule has 158 valence electrons. The van der Waals surface area contributed by atoms with E-state index in [1.54, 1.807) is 20.2 Å². The first kappa shape index (κ1) is 21.4. The van der Waals surface area contributed by atoms with Crippen molar-refractivity contribution in [1.82, 2.24) is 4.90 Å². The number of likely N-dealkylation sites (N-methyl/N-ethyl adjacent to an activating group) is 1. The second kappa shape index (κ2) is 9.03. The van der Waals surface area contributed by atoms with E-state index in [-0.39, 0.29) is 18.1 Å². The van der Waals surface area contributed by atoms with Crippen molar-refractivity contribution in [1.29, 1.82) is 0 Å². The number of amides is 1. The van der Waals surface area contributed by atoms with E-state index < -0.39 is 0 Å². The number of fused-ring (bicyclic) bond motifs is 1. The Morgan fingerprint density at radius 1 is 1.17 bits per heavy atom. The van der Waals surface area contributed by atoms with E-state index in [1.807, 2.05) is 31.2 Å². The molecule has 0 spiro atoms. The first-order valence-electron chi connectivity index (χ1n) is 9.98. The maximum atomic E-state index is 12.1. The van der Waals surface area contributed by atoms with Crippen LogP contribution < -0.4 is 15.7 Å². The van der Waals surface area contributed by atoms with Crippen LogP contribution in [0.15, 0.2) is 51.7 Å². The Morgan fingerprint density at radius 2 is 1.93 bits per heavy atom. The van der Waals surface area contributed by atoms with Gasteiger partial charge in [0.05, 0.1) is 0 Å². The summed E-state index contributed by atoms with van der Waals surface area (Å²) in [7, 11) is 3.38. The molecule has 0 unspecified atom stereocenters. The number of carbonyl (C=O) groups is 1. The largest absolute Gasteiger partial charge is 0.484 e. The van der Waals surface area contributed by atoms with Crippen LogP contribution in [0.25, 0.3) is 11.0 Å².